The number of halogens is 1. The van der Waals surface area contributed by atoms with Crippen molar-refractivity contribution in [2.45, 2.75) is 44.2 Å². The van der Waals surface area contributed by atoms with Crippen molar-refractivity contribution < 1.29 is 14.3 Å². The van der Waals surface area contributed by atoms with Crippen molar-refractivity contribution in [3.8, 4) is 0 Å². The number of amides is 1. The second-order valence-electron chi connectivity index (χ2n) is 5.99. The van der Waals surface area contributed by atoms with Crippen LogP contribution in [0.25, 0.3) is 0 Å². The number of aliphatic hydroxyl groups excluding tert-OH is 1. The normalized spacial score (nSPS) is 19.8. The molecule has 1 fully saturated rings. The Morgan fingerprint density at radius 2 is 2.33 bits per heavy atom. The average molecular weight is 350 g/mol. The molecule has 1 aliphatic heterocycles. The van der Waals surface area contributed by atoms with Crippen LogP contribution in [-0.4, -0.2) is 38.5 Å². The summed E-state index contributed by atoms with van der Waals surface area (Å²) in [6.07, 6.45) is 7.84. The number of aromatic nitrogens is 2. The topological polar surface area (TPSA) is 79.5 Å². The standard InChI is InChI=1S/C17H20ClN3O3/c18-13-10-19-11-20-16(13)17(23)21-7-3-1-2-5-12(21)9-14(22)15-6-4-8-24-15/h4,6,8,10-12,14,22H,1-3,5,7,9H2/t12-,14-/m0/s1. The van der Waals surface area contributed by atoms with Crippen molar-refractivity contribution in [2.24, 2.45) is 0 Å². The summed E-state index contributed by atoms with van der Waals surface area (Å²) in [6.45, 7) is 0.634. The Kier molecular flexibility index (Phi) is 5.48. The van der Waals surface area contributed by atoms with Gasteiger partial charge in [-0.1, -0.05) is 24.4 Å². The van der Waals surface area contributed by atoms with Crippen LogP contribution in [0.2, 0.25) is 5.02 Å². The Bertz CT molecular complexity index is 677. The zero-order valence-electron chi connectivity index (χ0n) is 13.3. The van der Waals surface area contributed by atoms with Crippen molar-refractivity contribution in [1.29, 1.82) is 0 Å². The lowest BCUT2D eigenvalue weighted by Gasteiger charge is -2.31. The monoisotopic (exact) mass is 349 g/mol. The number of carbonyl (C=O) groups excluding carboxylic acids is 1. The smallest absolute Gasteiger partial charge is 0.274 e. The van der Waals surface area contributed by atoms with Crippen molar-refractivity contribution in [2.75, 3.05) is 6.54 Å². The van der Waals surface area contributed by atoms with Crippen molar-refractivity contribution in [3.05, 3.63) is 47.4 Å². The summed E-state index contributed by atoms with van der Waals surface area (Å²) >= 11 is 6.08. The molecule has 0 spiro atoms. The van der Waals surface area contributed by atoms with E-state index in [-0.39, 0.29) is 22.7 Å². The van der Waals surface area contributed by atoms with Crippen LogP contribution in [0.1, 0.15) is 54.5 Å². The van der Waals surface area contributed by atoms with Crippen LogP contribution in [0.4, 0.5) is 0 Å². The molecule has 1 saturated heterocycles. The maximum absolute atomic E-state index is 12.9. The third-order valence-electron chi connectivity index (χ3n) is 4.38. The summed E-state index contributed by atoms with van der Waals surface area (Å²) in [4.78, 5) is 22.5. The number of nitrogens with zero attached hydrogens (tertiary/aromatic N) is 3. The van der Waals surface area contributed by atoms with Gasteiger partial charge in [0.2, 0.25) is 0 Å². The molecule has 1 aliphatic rings. The molecule has 2 aromatic heterocycles. The Morgan fingerprint density at radius 3 is 3.08 bits per heavy atom. The van der Waals surface area contributed by atoms with Crippen LogP contribution in [0.5, 0.6) is 0 Å². The van der Waals surface area contributed by atoms with Gasteiger partial charge in [0.1, 0.15) is 23.9 Å². The molecule has 0 unspecified atom stereocenters. The second kappa shape index (κ2) is 7.77. The molecule has 128 valence electrons. The summed E-state index contributed by atoms with van der Waals surface area (Å²) in [5.41, 5.74) is 0.214. The molecule has 3 rings (SSSR count). The summed E-state index contributed by atoms with van der Waals surface area (Å²) in [6, 6.07) is 3.41. The molecule has 24 heavy (non-hydrogen) atoms. The highest BCUT2D eigenvalue weighted by molar-refractivity contribution is 6.33. The minimum atomic E-state index is -0.737. The van der Waals surface area contributed by atoms with E-state index >= 15 is 0 Å². The average Bonchev–Trinajstić information content (AvgIpc) is 3.03. The first-order valence-electron chi connectivity index (χ1n) is 8.14. The van der Waals surface area contributed by atoms with Crippen molar-refractivity contribution in [1.82, 2.24) is 14.9 Å². The highest BCUT2D eigenvalue weighted by Gasteiger charge is 2.30. The van der Waals surface area contributed by atoms with Gasteiger partial charge in [-0.3, -0.25) is 4.79 Å². The molecule has 2 aromatic rings. The summed E-state index contributed by atoms with van der Waals surface area (Å²) in [5.74, 6) is 0.313. The number of hydrogen-bond acceptors (Lipinski definition) is 5. The second-order valence-corrected chi connectivity index (χ2v) is 6.40. The number of rotatable bonds is 4. The van der Waals surface area contributed by atoms with Crippen LogP contribution in [0.3, 0.4) is 0 Å². The SMILES string of the molecule is O=C(c1ncncc1Cl)N1CCCCC[C@H]1C[C@H](O)c1ccco1. The van der Waals surface area contributed by atoms with Crippen LogP contribution < -0.4 is 0 Å². The third kappa shape index (κ3) is 3.76. The molecule has 7 heteroatoms. The van der Waals surface area contributed by atoms with Crippen LogP contribution in [0.15, 0.2) is 35.3 Å². The number of aliphatic hydroxyl groups is 1. The number of likely N-dealkylation sites (tertiary alicyclic amines) is 1. The van der Waals surface area contributed by atoms with Gasteiger partial charge < -0.3 is 14.4 Å². The van der Waals surface area contributed by atoms with Gasteiger partial charge in [0.15, 0.2) is 0 Å². The zero-order valence-corrected chi connectivity index (χ0v) is 14.0. The van der Waals surface area contributed by atoms with Gasteiger partial charge in [0, 0.05) is 25.2 Å². The fourth-order valence-electron chi connectivity index (χ4n) is 3.15. The molecule has 2 atom stereocenters. The fourth-order valence-corrected chi connectivity index (χ4v) is 3.34. The van der Waals surface area contributed by atoms with Gasteiger partial charge in [0.25, 0.3) is 5.91 Å². The Balaban J connectivity index is 1.80. The molecule has 0 radical (unpaired) electrons. The minimum absolute atomic E-state index is 0.0777. The van der Waals surface area contributed by atoms with Crippen LogP contribution >= 0.6 is 11.6 Å². The van der Waals surface area contributed by atoms with E-state index < -0.39 is 6.10 Å². The zero-order chi connectivity index (χ0) is 16.9. The lowest BCUT2D eigenvalue weighted by atomic mass is 10.0. The van der Waals surface area contributed by atoms with E-state index in [1.54, 1.807) is 17.0 Å². The number of carbonyl (C=O) groups is 1. The Hall–Kier alpha value is -1.92. The molecule has 1 N–H and O–H groups in total. The highest BCUT2D eigenvalue weighted by atomic mass is 35.5. The maximum Gasteiger partial charge on any atom is 0.274 e. The van der Waals surface area contributed by atoms with Crippen molar-refractivity contribution in [3.63, 3.8) is 0 Å². The van der Waals surface area contributed by atoms with E-state index in [2.05, 4.69) is 9.97 Å². The quantitative estimate of drug-likeness (QED) is 0.916. The van der Waals surface area contributed by atoms with Gasteiger partial charge in [-0.05, 0) is 25.0 Å². The lowest BCUT2D eigenvalue weighted by molar-refractivity contribution is 0.0552. The largest absolute Gasteiger partial charge is 0.467 e. The summed E-state index contributed by atoms with van der Waals surface area (Å²) in [5, 5.41) is 10.6. The van der Waals surface area contributed by atoms with Gasteiger partial charge in [-0.25, -0.2) is 9.97 Å². The van der Waals surface area contributed by atoms with E-state index in [4.69, 9.17) is 16.0 Å². The highest BCUT2D eigenvalue weighted by Crippen LogP contribution is 2.28. The first kappa shape index (κ1) is 16.9. The van der Waals surface area contributed by atoms with E-state index in [1.807, 2.05) is 0 Å². The Labute approximate surface area is 145 Å². The molecule has 1 amide bonds. The van der Waals surface area contributed by atoms with E-state index in [0.29, 0.717) is 18.7 Å². The molecule has 0 aromatic carbocycles. The van der Waals surface area contributed by atoms with Crippen LogP contribution in [-0.2, 0) is 0 Å². The van der Waals surface area contributed by atoms with Gasteiger partial charge in [0.05, 0.1) is 11.3 Å². The predicted octanol–water partition coefficient (Wildman–Crippen LogP) is 3.23. The van der Waals surface area contributed by atoms with Crippen LogP contribution in [0, 0.1) is 0 Å². The van der Waals surface area contributed by atoms with Gasteiger partial charge in [-0.2, -0.15) is 0 Å². The van der Waals surface area contributed by atoms with E-state index in [1.165, 1.54) is 18.8 Å². The number of furan rings is 1. The predicted molar refractivity (Wildman–Crippen MR) is 88.6 cm³/mol. The molecule has 6 nitrogen and oxygen atoms in total. The molecular formula is C17H20ClN3O3. The summed E-state index contributed by atoms with van der Waals surface area (Å²) in [7, 11) is 0. The molecule has 0 bridgehead atoms. The molecular weight excluding hydrogens is 330 g/mol. The Morgan fingerprint density at radius 1 is 1.46 bits per heavy atom. The summed E-state index contributed by atoms with van der Waals surface area (Å²) < 4.78 is 5.27. The molecule has 0 saturated carbocycles. The maximum atomic E-state index is 12.9. The fraction of sp³-hybridized carbons (Fsp3) is 0.471. The first-order chi connectivity index (χ1) is 11.7. The van der Waals surface area contributed by atoms with Gasteiger partial charge in [-0.15, -0.1) is 0 Å². The van der Waals surface area contributed by atoms with E-state index in [0.717, 1.165) is 25.7 Å². The first-order valence-corrected chi connectivity index (χ1v) is 8.52. The van der Waals surface area contributed by atoms with Gasteiger partial charge >= 0.3 is 0 Å². The van der Waals surface area contributed by atoms with Crippen molar-refractivity contribution >= 4 is 17.5 Å². The third-order valence-corrected chi connectivity index (χ3v) is 4.65. The molecule has 3 heterocycles. The number of hydrogen-bond donors (Lipinski definition) is 1. The lowest BCUT2D eigenvalue weighted by Crippen LogP contribution is -2.41. The molecule has 0 aliphatic carbocycles. The minimum Gasteiger partial charge on any atom is -0.467 e. The van der Waals surface area contributed by atoms with E-state index in [9.17, 15) is 9.90 Å².